The summed E-state index contributed by atoms with van der Waals surface area (Å²) in [7, 11) is 0. The van der Waals surface area contributed by atoms with Crippen LogP contribution in [0.15, 0.2) is 24.3 Å². The monoisotopic (exact) mass is 287 g/mol. The van der Waals surface area contributed by atoms with Gasteiger partial charge in [-0.3, -0.25) is 9.59 Å². The lowest BCUT2D eigenvalue weighted by Gasteiger charge is -2.08. The molecule has 2 unspecified atom stereocenters. The van der Waals surface area contributed by atoms with Gasteiger partial charge in [-0.15, -0.1) is 0 Å². The number of benzene rings is 1. The molecule has 1 aliphatic rings. The predicted molar refractivity (Wildman–Crippen MR) is 62.5 cm³/mol. The van der Waals surface area contributed by atoms with Gasteiger partial charge in [0.15, 0.2) is 0 Å². The van der Waals surface area contributed by atoms with Crippen LogP contribution >= 0.6 is 0 Å². The third-order valence-corrected chi connectivity index (χ3v) is 3.19. The number of carbonyl (C=O) groups excluding carboxylic acids is 1. The molecule has 0 aliphatic heterocycles. The van der Waals surface area contributed by atoms with Crippen molar-refractivity contribution in [3.8, 4) is 0 Å². The van der Waals surface area contributed by atoms with Crippen molar-refractivity contribution >= 4 is 11.9 Å². The zero-order valence-electron chi connectivity index (χ0n) is 10.3. The fourth-order valence-electron chi connectivity index (χ4n) is 1.89. The molecule has 0 heterocycles. The minimum Gasteiger partial charge on any atom is -0.481 e. The number of alkyl halides is 3. The molecule has 2 rings (SSSR count). The van der Waals surface area contributed by atoms with Gasteiger partial charge >= 0.3 is 12.1 Å². The Balaban J connectivity index is 1.86. The van der Waals surface area contributed by atoms with Crippen LogP contribution in [-0.4, -0.2) is 17.0 Å². The predicted octanol–water partition coefficient (Wildman–Crippen LogP) is 2.04. The van der Waals surface area contributed by atoms with E-state index in [1.807, 2.05) is 0 Å². The molecular formula is C13H12F3NO3. The maximum Gasteiger partial charge on any atom is 0.416 e. The maximum atomic E-state index is 12.3. The van der Waals surface area contributed by atoms with Crippen molar-refractivity contribution in [3.63, 3.8) is 0 Å². The molecule has 1 aromatic carbocycles. The number of carboxylic acid groups (broad SMARTS) is 1. The van der Waals surface area contributed by atoms with Gasteiger partial charge in [-0.2, -0.15) is 13.2 Å². The summed E-state index contributed by atoms with van der Waals surface area (Å²) in [5, 5.41) is 11.2. The Hall–Kier alpha value is -2.05. The summed E-state index contributed by atoms with van der Waals surface area (Å²) in [4.78, 5) is 22.2. The third-order valence-electron chi connectivity index (χ3n) is 3.19. The summed E-state index contributed by atoms with van der Waals surface area (Å²) in [6.45, 7) is 0.0831. The second-order valence-electron chi connectivity index (χ2n) is 4.70. The summed E-state index contributed by atoms with van der Waals surface area (Å²) in [6.07, 6.45) is -4.07. The van der Waals surface area contributed by atoms with Crippen LogP contribution in [-0.2, 0) is 22.3 Å². The lowest BCUT2D eigenvalue weighted by Crippen LogP contribution is -2.25. The van der Waals surface area contributed by atoms with Crippen molar-refractivity contribution in [2.45, 2.75) is 19.1 Å². The maximum absolute atomic E-state index is 12.3. The van der Waals surface area contributed by atoms with Gasteiger partial charge < -0.3 is 10.4 Å². The number of carboxylic acids is 1. The van der Waals surface area contributed by atoms with E-state index < -0.39 is 29.5 Å². The number of carbonyl (C=O) groups is 2. The van der Waals surface area contributed by atoms with Crippen molar-refractivity contribution in [2.24, 2.45) is 11.8 Å². The van der Waals surface area contributed by atoms with E-state index in [-0.39, 0.29) is 12.5 Å². The smallest absolute Gasteiger partial charge is 0.416 e. The molecule has 1 amide bonds. The van der Waals surface area contributed by atoms with Crippen molar-refractivity contribution in [1.29, 1.82) is 0 Å². The van der Waals surface area contributed by atoms with E-state index in [0.29, 0.717) is 12.0 Å². The molecule has 1 saturated carbocycles. The molecule has 108 valence electrons. The van der Waals surface area contributed by atoms with Gasteiger partial charge in [-0.1, -0.05) is 12.1 Å². The quantitative estimate of drug-likeness (QED) is 0.890. The van der Waals surface area contributed by atoms with Crippen molar-refractivity contribution in [1.82, 2.24) is 5.32 Å². The van der Waals surface area contributed by atoms with E-state index in [0.717, 1.165) is 12.1 Å². The molecular weight excluding hydrogens is 275 g/mol. The highest BCUT2D eigenvalue weighted by Gasteiger charge is 2.48. The summed E-state index contributed by atoms with van der Waals surface area (Å²) in [6, 6.07) is 4.45. The lowest BCUT2D eigenvalue weighted by molar-refractivity contribution is -0.140. The van der Waals surface area contributed by atoms with Crippen molar-refractivity contribution in [2.75, 3.05) is 0 Å². The van der Waals surface area contributed by atoms with Gasteiger partial charge in [0.1, 0.15) is 0 Å². The van der Waals surface area contributed by atoms with E-state index in [1.54, 1.807) is 0 Å². The van der Waals surface area contributed by atoms with Crippen LogP contribution in [0.4, 0.5) is 13.2 Å². The largest absolute Gasteiger partial charge is 0.481 e. The molecule has 0 radical (unpaired) electrons. The van der Waals surface area contributed by atoms with Crippen LogP contribution in [0, 0.1) is 11.8 Å². The number of rotatable bonds is 4. The number of hydrogen-bond donors (Lipinski definition) is 2. The van der Waals surface area contributed by atoms with E-state index in [1.165, 1.54) is 12.1 Å². The Bertz CT molecular complexity index is 525. The molecule has 20 heavy (non-hydrogen) atoms. The minimum atomic E-state index is -4.38. The summed E-state index contributed by atoms with van der Waals surface area (Å²) in [5.74, 6) is -2.54. The van der Waals surface area contributed by atoms with Crippen LogP contribution in [0.1, 0.15) is 17.5 Å². The Morgan fingerprint density at radius 1 is 1.20 bits per heavy atom. The van der Waals surface area contributed by atoms with Crippen LogP contribution in [0.5, 0.6) is 0 Å². The molecule has 2 atom stereocenters. The molecule has 0 saturated heterocycles. The SMILES string of the molecule is O=C(O)C1CC1C(=O)NCc1ccc(C(F)(F)F)cc1. The average Bonchev–Trinajstić information content (AvgIpc) is 3.15. The topological polar surface area (TPSA) is 66.4 Å². The summed E-state index contributed by atoms with van der Waals surface area (Å²) < 4.78 is 37.0. The van der Waals surface area contributed by atoms with Gasteiger partial charge in [0, 0.05) is 6.54 Å². The highest BCUT2D eigenvalue weighted by atomic mass is 19.4. The van der Waals surface area contributed by atoms with Gasteiger partial charge in [0.25, 0.3) is 0 Å². The first-order valence-electron chi connectivity index (χ1n) is 5.95. The second kappa shape index (κ2) is 5.15. The van der Waals surface area contributed by atoms with Gasteiger partial charge in [-0.05, 0) is 24.1 Å². The van der Waals surface area contributed by atoms with E-state index >= 15 is 0 Å². The first-order chi connectivity index (χ1) is 9.29. The van der Waals surface area contributed by atoms with Gasteiger partial charge in [0.05, 0.1) is 17.4 Å². The highest BCUT2D eigenvalue weighted by molar-refractivity contribution is 5.89. The number of nitrogens with one attached hydrogen (secondary N) is 1. The minimum absolute atomic E-state index is 0.0831. The number of amides is 1. The first-order valence-corrected chi connectivity index (χ1v) is 5.95. The van der Waals surface area contributed by atoms with E-state index in [2.05, 4.69) is 5.32 Å². The zero-order chi connectivity index (χ0) is 14.9. The van der Waals surface area contributed by atoms with Crippen molar-refractivity contribution in [3.05, 3.63) is 35.4 Å². The van der Waals surface area contributed by atoms with Gasteiger partial charge in [0.2, 0.25) is 5.91 Å². The first kappa shape index (κ1) is 14.4. The number of halogens is 3. The third kappa shape index (κ3) is 3.28. The van der Waals surface area contributed by atoms with E-state index in [9.17, 15) is 22.8 Å². The molecule has 1 aliphatic carbocycles. The summed E-state index contributed by atoms with van der Waals surface area (Å²) in [5.41, 5.74) is -0.223. The molecule has 0 bridgehead atoms. The molecule has 1 fully saturated rings. The Morgan fingerprint density at radius 3 is 2.25 bits per heavy atom. The summed E-state index contributed by atoms with van der Waals surface area (Å²) >= 11 is 0. The molecule has 4 nitrogen and oxygen atoms in total. The molecule has 0 aromatic heterocycles. The average molecular weight is 287 g/mol. The van der Waals surface area contributed by atoms with Crippen molar-refractivity contribution < 1.29 is 27.9 Å². The van der Waals surface area contributed by atoms with Gasteiger partial charge in [-0.25, -0.2) is 0 Å². The molecule has 7 heteroatoms. The van der Waals surface area contributed by atoms with Crippen LogP contribution in [0.3, 0.4) is 0 Å². The Morgan fingerprint density at radius 2 is 1.80 bits per heavy atom. The normalized spacial score (nSPS) is 21.4. The van der Waals surface area contributed by atoms with Crippen LogP contribution in [0.25, 0.3) is 0 Å². The molecule has 0 spiro atoms. The zero-order valence-corrected chi connectivity index (χ0v) is 10.3. The lowest BCUT2D eigenvalue weighted by atomic mass is 10.1. The number of hydrogen-bond acceptors (Lipinski definition) is 2. The molecule has 2 N–H and O–H groups in total. The number of aliphatic carboxylic acids is 1. The van der Waals surface area contributed by atoms with E-state index in [4.69, 9.17) is 5.11 Å². The standard InChI is InChI=1S/C13H12F3NO3/c14-13(15,16)8-3-1-7(2-4-8)6-17-11(18)9-5-10(9)12(19)20/h1-4,9-10H,5-6H2,(H,17,18)(H,19,20). The fraction of sp³-hybridized carbons (Fsp3) is 0.385. The molecule has 1 aromatic rings. The Kier molecular flexibility index (Phi) is 3.69. The highest BCUT2D eigenvalue weighted by Crippen LogP contribution is 2.38. The van der Waals surface area contributed by atoms with Crippen LogP contribution in [0.2, 0.25) is 0 Å². The fourth-order valence-corrected chi connectivity index (χ4v) is 1.89. The van der Waals surface area contributed by atoms with Crippen LogP contribution < -0.4 is 5.32 Å². The Labute approximate surface area is 112 Å². The second-order valence-corrected chi connectivity index (χ2v) is 4.70.